The van der Waals surface area contributed by atoms with Gasteiger partial charge >= 0.3 is 0 Å². The molecule has 0 aromatic heterocycles. The van der Waals surface area contributed by atoms with E-state index in [4.69, 9.17) is 0 Å². The Labute approximate surface area is 460 Å². The largest absolute Gasteiger partial charge is 0.310 e. The number of benzene rings is 11. The van der Waals surface area contributed by atoms with Gasteiger partial charge in [0.15, 0.2) is 0 Å². The molecule has 0 aliphatic heterocycles. The molecule has 2 aliphatic carbocycles. The molecule has 0 spiro atoms. The van der Waals surface area contributed by atoms with Crippen molar-refractivity contribution in [3.05, 3.63) is 285 Å². The standard InChI is InChI=1S/C76H64N2/c1-49-37-50(2)40-63(39-49)77(59-15-11-9-12-16-59)61-29-35-69-67-33-25-55(45-71(67)75(5,6)73(69)47-61)21-19-53-23-31-65-57(43-53)27-28-58-44-54(24-32-66(58)65)20-22-56-26-34-68-70-36-30-62(48-74(70)76(7,8)72(68)46-56)78(60-17-13-10-14-18-60)64-41-51(3)38-52(4)42-64/h9-48H,1-8H3/b21-19+,22-20+. The summed E-state index contributed by atoms with van der Waals surface area (Å²) in [4.78, 5) is 4.79. The lowest BCUT2D eigenvalue weighted by molar-refractivity contribution is 0.660. The van der Waals surface area contributed by atoms with E-state index >= 15 is 0 Å². The molecule has 2 aliphatic rings. The van der Waals surface area contributed by atoms with Crippen molar-refractivity contribution in [1.82, 2.24) is 0 Å². The number of hydrogen-bond donors (Lipinski definition) is 0. The van der Waals surface area contributed by atoms with Gasteiger partial charge in [-0.2, -0.15) is 0 Å². The number of para-hydroxylation sites is 2. The average molecular weight is 1010 g/mol. The zero-order chi connectivity index (χ0) is 53.5. The van der Waals surface area contributed by atoms with E-state index < -0.39 is 0 Å². The summed E-state index contributed by atoms with van der Waals surface area (Å²) in [5.41, 5.74) is 27.2. The predicted molar refractivity (Wildman–Crippen MR) is 336 cm³/mol. The molecule has 2 nitrogen and oxygen atoms in total. The van der Waals surface area contributed by atoms with Gasteiger partial charge in [-0.1, -0.05) is 185 Å². The van der Waals surface area contributed by atoms with Crippen molar-refractivity contribution in [2.24, 2.45) is 0 Å². The van der Waals surface area contributed by atoms with Gasteiger partial charge in [-0.05, 0) is 223 Å². The van der Waals surface area contributed by atoms with Crippen LogP contribution in [0.4, 0.5) is 34.1 Å². The van der Waals surface area contributed by atoms with Crippen molar-refractivity contribution in [1.29, 1.82) is 0 Å². The third-order valence-electron chi connectivity index (χ3n) is 16.7. The average Bonchev–Trinajstić information content (AvgIpc) is 3.97. The first kappa shape index (κ1) is 48.6. The fraction of sp³-hybridized carbons (Fsp3) is 0.132. The van der Waals surface area contributed by atoms with Crippen LogP contribution in [0.15, 0.2) is 218 Å². The molecule has 0 amide bonds. The summed E-state index contributed by atoms with van der Waals surface area (Å²) in [5, 5.41) is 5.02. The van der Waals surface area contributed by atoms with Gasteiger partial charge in [0.1, 0.15) is 0 Å². The number of anilines is 6. The lowest BCUT2D eigenvalue weighted by Gasteiger charge is -2.28. The highest BCUT2D eigenvalue weighted by Crippen LogP contribution is 2.53. The Balaban J connectivity index is 0.726. The second-order valence-electron chi connectivity index (χ2n) is 23.0. The van der Waals surface area contributed by atoms with Crippen molar-refractivity contribution in [2.75, 3.05) is 9.80 Å². The molecule has 13 rings (SSSR count). The smallest absolute Gasteiger partial charge is 0.0466 e. The summed E-state index contributed by atoms with van der Waals surface area (Å²) < 4.78 is 0. The van der Waals surface area contributed by atoms with E-state index in [-0.39, 0.29) is 10.8 Å². The highest BCUT2D eigenvalue weighted by Gasteiger charge is 2.38. The SMILES string of the molecule is Cc1cc(C)cc(N(c2ccccc2)c2ccc3c(c2)C(C)(C)c2cc(/C=C/c4ccc5c(ccc6cc(/C=C/c7ccc8c(c7)C(C)(C)c7cc(N(c9ccccc9)c9cc(C)cc(C)c9)ccc7-8)ccc65)c4)ccc2-3)c1. The predicted octanol–water partition coefficient (Wildman–Crippen LogP) is 21.1. The number of rotatable bonds is 10. The summed E-state index contributed by atoms with van der Waals surface area (Å²) in [6.45, 7) is 18.2. The Bertz CT molecular complexity index is 3930. The van der Waals surface area contributed by atoms with E-state index in [9.17, 15) is 0 Å². The van der Waals surface area contributed by atoms with Crippen molar-refractivity contribution < 1.29 is 0 Å². The zero-order valence-electron chi connectivity index (χ0n) is 46.0. The monoisotopic (exact) mass is 1000 g/mol. The first-order chi connectivity index (χ1) is 37.7. The molecule has 0 radical (unpaired) electrons. The van der Waals surface area contributed by atoms with E-state index in [0.29, 0.717) is 0 Å². The number of aryl methyl sites for hydroxylation is 4. The maximum absolute atomic E-state index is 2.42. The minimum atomic E-state index is -0.165. The van der Waals surface area contributed by atoms with Crippen molar-refractivity contribution in [2.45, 2.75) is 66.2 Å². The second-order valence-corrected chi connectivity index (χ2v) is 23.0. The van der Waals surface area contributed by atoms with Gasteiger partial charge in [-0.25, -0.2) is 0 Å². The summed E-state index contributed by atoms with van der Waals surface area (Å²) in [6, 6.07) is 81.5. The van der Waals surface area contributed by atoms with Crippen LogP contribution in [0.2, 0.25) is 0 Å². The first-order valence-electron chi connectivity index (χ1n) is 27.5. The van der Waals surface area contributed by atoms with E-state index in [1.54, 1.807) is 0 Å². The van der Waals surface area contributed by atoms with Crippen molar-refractivity contribution in [3.63, 3.8) is 0 Å². The fourth-order valence-corrected chi connectivity index (χ4v) is 12.9. The van der Waals surface area contributed by atoms with Gasteiger partial charge in [-0.15, -0.1) is 0 Å². The molecule has 0 saturated carbocycles. The molecular formula is C76H64N2. The topological polar surface area (TPSA) is 6.48 Å². The Hall–Kier alpha value is -8.98. The van der Waals surface area contributed by atoms with Crippen LogP contribution in [-0.4, -0.2) is 0 Å². The molecule has 0 unspecified atom stereocenters. The minimum absolute atomic E-state index is 0.165. The molecule has 0 N–H and O–H groups in total. The number of fused-ring (bicyclic) bond motifs is 9. The molecule has 11 aromatic rings. The van der Waals surface area contributed by atoms with Crippen LogP contribution in [0, 0.1) is 27.7 Å². The Morgan fingerprint density at radius 1 is 0.269 bits per heavy atom. The second kappa shape index (κ2) is 18.9. The first-order valence-corrected chi connectivity index (χ1v) is 27.5. The molecular weight excluding hydrogens is 941 g/mol. The van der Waals surface area contributed by atoms with Crippen LogP contribution < -0.4 is 9.80 Å². The Morgan fingerprint density at radius 3 is 0.962 bits per heavy atom. The molecule has 0 fully saturated rings. The van der Waals surface area contributed by atoms with Crippen LogP contribution >= 0.6 is 0 Å². The Morgan fingerprint density at radius 2 is 0.590 bits per heavy atom. The molecule has 0 saturated heterocycles. The van der Waals surface area contributed by atoms with Gasteiger partial charge < -0.3 is 9.80 Å². The molecule has 78 heavy (non-hydrogen) atoms. The molecule has 0 atom stereocenters. The van der Waals surface area contributed by atoms with Gasteiger partial charge in [0.2, 0.25) is 0 Å². The number of hydrogen-bond acceptors (Lipinski definition) is 2. The third kappa shape index (κ3) is 8.63. The van der Waals surface area contributed by atoms with Crippen LogP contribution in [-0.2, 0) is 10.8 Å². The quantitative estimate of drug-likeness (QED) is 0.0995. The molecule has 0 bridgehead atoms. The van der Waals surface area contributed by atoms with Gasteiger partial charge in [0, 0.05) is 45.0 Å². The maximum atomic E-state index is 2.42. The fourth-order valence-electron chi connectivity index (χ4n) is 12.9. The van der Waals surface area contributed by atoms with Crippen LogP contribution in [0.25, 0.3) is 68.1 Å². The maximum Gasteiger partial charge on any atom is 0.0466 e. The summed E-state index contributed by atoms with van der Waals surface area (Å²) in [6.07, 6.45) is 9.06. The molecule has 378 valence electrons. The van der Waals surface area contributed by atoms with Gasteiger partial charge in [0.25, 0.3) is 0 Å². The summed E-state index contributed by atoms with van der Waals surface area (Å²) in [7, 11) is 0. The van der Waals surface area contributed by atoms with Gasteiger partial charge in [0.05, 0.1) is 0 Å². The highest BCUT2D eigenvalue weighted by atomic mass is 15.1. The van der Waals surface area contributed by atoms with Crippen molar-refractivity contribution in [3.8, 4) is 22.3 Å². The van der Waals surface area contributed by atoms with Crippen LogP contribution in [0.5, 0.6) is 0 Å². The molecule has 11 aromatic carbocycles. The molecule has 0 heterocycles. The van der Waals surface area contributed by atoms with E-state index in [1.165, 1.54) is 133 Å². The summed E-state index contributed by atoms with van der Waals surface area (Å²) >= 11 is 0. The van der Waals surface area contributed by atoms with Gasteiger partial charge in [-0.3, -0.25) is 0 Å². The van der Waals surface area contributed by atoms with Crippen LogP contribution in [0.1, 0.15) is 94.5 Å². The number of nitrogens with zero attached hydrogens (tertiary/aromatic N) is 2. The Kier molecular flexibility index (Phi) is 11.8. The molecule has 2 heteroatoms. The van der Waals surface area contributed by atoms with Crippen molar-refractivity contribution >= 4 is 80.0 Å². The van der Waals surface area contributed by atoms with E-state index in [1.807, 2.05) is 0 Å². The lowest BCUT2D eigenvalue weighted by atomic mass is 9.81. The minimum Gasteiger partial charge on any atom is -0.310 e. The lowest BCUT2D eigenvalue weighted by Crippen LogP contribution is -2.16. The van der Waals surface area contributed by atoms with E-state index in [2.05, 4.69) is 308 Å². The summed E-state index contributed by atoms with van der Waals surface area (Å²) in [5.74, 6) is 0. The third-order valence-corrected chi connectivity index (χ3v) is 16.7. The normalized spacial score (nSPS) is 13.7. The highest BCUT2D eigenvalue weighted by molar-refractivity contribution is 6.08. The van der Waals surface area contributed by atoms with Crippen LogP contribution in [0.3, 0.4) is 0 Å². The van der Waals surface area contributed by atoms with E-state index in [0.717, 1.165) is 11.4 Å². The zero-order valence-corrected chi connectivity index (χ0v) is 46.0.